The summed E-state index contributed by atoms with van der Waals surface area (Å²) in [6.45, 7) is 0.603. The minimum atomic E-state index is -0.133. The zero-order chi connectivity index (χ0) is 17.0. The van der Waals surface area contributed by atoms with Gasteiger partial charge in [-0.05, 0) is 37.1 Å². The van der Waals surface area contributed by atoms with E-state index in [1.807, 2.05) is 18.2 Å². The number of rotatable bonds is 9. The van der Waals surface area contributed by atoms with Gasteiger partial charge in [0.2, 0.25) is 5.91 Å². The second kappa shape index (κ2) is 9.99. The van der Waals surface area contributed by atoms with E-state index in [1.165, 1.54) is 6.21 Å². The van der Waals surface area contributed by atoms with Gasteiger partial charge < -0.3 is 9.73 Å². The summed E-state index contributed by atoms with van der Waals surface area (Å²) < 4.78 is 5.06. The van der Waals surface area contributed by atoms with Crippen LogP contribution in [0.3, 0.4) is 0 Å². The van der Waals surface area contributed by atoms with Crippen LogP contribution >= 0.6 is 0 Å². The van der Waals surface area contributed by atoms with Crippen molar-refractivity contribution in [1.29, 1.82) is 0 Å². The molecule has 126 valence electrons. The normalized spacial score (nSPS) is 10.7. The molecule has 2 amide bonds. The van der Waals surface area contributed by atoms with Crippen molar-refractivity contribution in [3.05, 3.63) is 60.1 Å². The maximum Gasteiger partial charge on any atom is 0.251 e. The van der Waals surface area contributed by atoms with E-state index in [2.05, 4.69) is 15.8 Å². The van der Waals surface area contributed by atoms with E-state index in [0.29, 0.717) is 24.3 Å². The molecule has 0 aliphatic heterocycles. The van der Waals surface area contributed by atoms with Crippen molar-refractivity contribution in [2.75, 3.05) is 6.54 Å². The van der Waals surface area contributed by atoms with E-state index >= 15 is 0 Å². The number of unbranched alkanes of at least 4 members (excludes halogenated alkanes) is 2. The van der Waals surface area contributed by atoms with Crippen molar-refractivity contribution in [3.63, 3.8) is 0 Å². The molecule has 2 N–H and O–H groups in total. The molecule has 1 aromatic heterocycles. The van der Waals surface area contributed by atoms with E-state index in [4.69, 9.17) is 4.42 Å². The molecule has 0 spiro atoms. The van der Waals surface area contributed by atoms with Crippen molar-refractivity contribution in [2.45, 2.75) is 25.7 Å². The quantitative estimate of drug-likeness (QED) is 0.422. The molecule has 2 aromatic rings. The van der Waals surface area contributed by atoms with Crippen molar-refractivity contribution in [2.24, 2.45) is 5.10 Å². The lowest BCUT2D eigenvalue weighted by Crippen LogP contribution is -2.24. The second-order valence-corrected chi connectivity index (χ2v) is 5.24. The number of nitrogens with zero attached hydrogens (tertiary/aromatic N) is 1. The Kier molecular flexibility index (Phi) is 7.27. The summed E-state index contributed by atoms with van der Waals surface area (Å²) >= 11 is 0. The predicted molar refractivity (Wildman–Crippen MR) is 91.7 cm³/mol. The zero-order valence-electron chi connectivity index (χ0n) is 13.4. The standard InChI is InChI=1S/C18H21N3O3/c22-17(21-20-14-16-10-7-13-24-16)11-5-2-6-12-19-18(23)15-8-3-1-4-9-15/h1,3-4,7-10,13-14H,2,5-6,11-12H2,(H,19,23)(H,21,22). The molecule has 0 radical (unpaired) electrons. The molecule has 1 heterocycles. The van der Waals surface area contributed by atoms with E-state index in [1.54, 1.807) is 30.5 Å². The van der Waals surface area contributed by atoms with Gasteiger partial charge in [0, 0.05) is 18.5 Å². The molecule has 2 rings (SSSR count). The van der Waals surface area contributed by atoms with E-state index in [-0.39, 0.29) is 11.8 Å². The largest absolute Gasteiger partial charge is 0.463 e. The number of nitrogens with one attached hydrogen (secondary N) is 2. The molecular weight excluding hydrogens is 306 g/mol. The topological polar surface area (TPSA) is 83.7 Å². The van der Waals surface area contributed by atoms with Crippen LogP contribution in [0.25, 0.3) is 0 Å². The summed E-state index contributed by atoms with van der Waals surface area (Å²) in [4.78, 5) is 23.4. The molecule has 0 fully saturated rings. The lowest BCUT2D eigenvalue weighted by molar-refractivity contribution is -0.121. The van der Waals surface area contributed by atoms with E-state index < -0.39 is 0 Å². The molecular formula is C18H21N3O3. The van der Waals surface area contributed by atoms with Crippen LogP contribution in [0.2, 0.25) is 0 Å². The number of hydrogen-bond acceptors (Lipinski definition) is 4. The molecule has 0 saturated heterocycles. The average molecular weight is 327 g/mol. The Hall–Kier alpha value is -2.89. The summed E-state index contributed by atoms with van der Waals surface area (Å²) in [6.07, 6.45) is 5.86. The van der Waals surface area contributed by atoms with Crippen LogP contribution in [-0.4, -0.2) is 24.6 Å². The average Bonchev–Trinajstić information content (AvgIpc) is 3.12. The van der Waals surface area contributed by atoms with Crippen molar-refractivity contribution in [3.8, 4) is 0 Å². The van der Waals surface area contributed by atoms with Gasteiger partial charge in [-0.15, -0.1) is 0 Å². The fourth-order valence-corrected chi connectivity index (χ4v) is 2.07. The Morgan fingerprint density at radius 3 is 2.62 bits per heavy atom. The number of benzene rings is 1. The maximum atomic E-state index is 11.8. The molecule has 0 saturated carbocycles. The minimum Gasteiger partial charge on any atom is -0.463 e. The summed E-state index contributed by atoms with van der Waals surface area (Å²) in [5, 5.41) is 6.67. The fourth-order valence-electron chi connectivity index (χ4n) is 2.07. The SMILES string of the molecule is O=C(CCCCCNC(=O)c1ccccc1)NN=Cc1ccco1. The number of hydrogen-bond donors (Lipinski definition) is 2. The third-order valence-electron chi connectivity index (χ3n) is 3.33. The van der Waals surface area contributed by atoms with Crippen LogP contribution in [0, 0.1) is 0 Å². The molecule has 0 bridgehead atoms. The predicted octanol–water partition coefficient (Wildman–Crippen LogP) is 2.72. The van der Waals surface area contributed by atoms with Crippen LogP contribution in [-0.2, 0) is 4.79 Å². The first kappa shape index (κ1) is 17.5. The van der Waals surface area contributed by atoms with Gasteiger partial charge in [-0.3, -0.25) is 9.59 Å². The van der Waals surface area contributed by atoms with Gasteiger partial charge in [-0.1, -0.05) is 24.6 Å². The summed E-state index contributed by atoms with van der Waals surface area (Å²) in [5.74, 6) is 0.385. The van der Waals surface area contributed by atoms with Gasteiger partial charge in [0.15, 0.2) is 0 Å². The highest BCUT2D eigenvalue weighted by Crippen LogP contribution is 2.01. The third kappa shape index (κ3) is 6.48. The van der Waals surface area contributed by atoms with Crippen LogP contribution in [0.4, 0.5) is 0 Å². The van der Waals surface area contributed by atoms with E-state index in [0.717, 1.165) is 19.3 Å². The van der Waals surface area contributed by atoms with Crippen molar-refractivity contribution in [1.82, 2.24) is 10.7 Å². The second-order valence-electron chi connectivity index (χ2n) is 5.24. The van der Waals surface area contributed by atoms with Crippen LogP contribution in [0.1, 0.15) is 41.8 Å². The summed E-state index contributed by atoms with van der Waals surface area (Å²) in [6, 6.07) is 12.6. The van der Waals surface area contributed by atoms with Gasteiger partial charge in [-0.25, -0.2) is 5.43 Å². The van der Waals surface area contributed by atoms with Crippen molar-refractivity contribution < 1.29 is 14.0 Å². The molecule has 24 heavy (non-hydrogen) atoms. The van der Waals surface area contributed by atoms with Crippen LogP contribution < -0.4 is 10.7 Å². The maximum absolute atomic E-state index is 11.8. The Labute approximate surface area is 140 Å². The number of amides is 2. The minimum absolute atomic E-state index is 0.0689. The van der Waals surface area contributed by atoms with Gasteiger partial charge in [-0.2, -0.15) is 5.10 Å². The Balaban J connectivity index is 1.50. The fraction of sp³-hybridized carbons (Fsp3) is 0.278. The summed E-state index contributed by atoms with van der Waals surface area (Å²) in [7, 11) is 0. The molecule has 0 aliphatic rings. The van der Waals surface area contributed by atoms with E-state index in [9.17, 15) is 9.59 Å². The Morgan fingerprint density at radius 1 is 1.04 bits per heavy atom. The highest BCUT2D eigenvalue weighted by Gasteiger charge is 2.03. The number of carbonyl (C=O) groups is 2. The van der Waals surface area contributed by atoms with Crippen LogP contribution in [0.5, 0.6) is 0 Å². The smallest absolute Gasteiger partial charge is 0.251 e. The molecule has 1 aromatic carbocycles. The number of furan rings is 1. The molecule has 0 unspecified atom stereocenters. The first-order valence-electron chi connectivity index (χ1n) is 7.94. The first-order valence-corrected chi connectivity index (χ1v) is 7.94. The molecule has 6 heteroatoms. The number of carbonyl (C=O) groups excluding carboxylic acids is 2. The van der Waals surface area contributed by atoms with Crippen molar-refractivity contribution >= 4 is 18.0 Å². The van der Waals surface area contributed by atoms with Gasteiger partial charge in [0.05, 0.1) is 12.5 Å². The highest BCUT2D eigenvalue weighted by atomic mass is 16.3. The third-order valence-corrected chi connectivity index (χ3v) is 3.33. The first-order chi connectivity index (χ1) is 11.8. The lowest BCUT2D eigenvalue weighted by Gasteiger charge is -2.05. The van der Waals surface area contributed by atoms with Gasteiger partial charge in [0.1, 0.15) is 5.76 Å². The molecule has 6 nitrogen and oxygen atoms in total. The monoisotopic (exact) mass is 327 g/mol. The Bertz CT molecular complexity index is 651. The number of hydrazone groups is 1. The zero-order valence-corrected chi connectivity index (χ0v) is 13.4. The van der Waals surface area contributed by atoms with Gasteiger partial charge in [0.25, 0.3) is 5.91 Å². The highest BCUT2D eigenvalue weighted by molar-refractivity contribution is 5.94. The molecule has 0 atom stereocenters. The molecule has 0 aliphatic carbocycles. The van der Waals surface area contributed by atoms with Gasteiger partial charge >= 0.3 is 0 Å². The Morgan fingerprint density at radius 2 is 1.88 bits per heavy atom. The summed E-state index contributed by atoms with van der Waals surface area (Å²) in [5.41, 5.74) is 3.11. The lowest BCUT2D eigenvalue weighted by atomic mass is 10.2. The van der Waals surface area contributed by atoms with Crippen LogP contribution in [0.15, 0.2) is 58.2 Å².